The molecule has 1 unspecified atom stereocenters. The zero-order valence-corrected chi connectivity index (χ0v) is 16.9. The summed E-state index contributed by atoms with van der Waals surface area (Å²) in [4.78, 5) is 4.74. The van der Waals surface area contributed by atoms with Gasteiger partial charge in [-0.15, -0.1) is 10.2 Å². The predicted octanol–water partition coefficient (Wildman–Crippen LogP) is 2.43. The van der Waals surface area contributed by atoms with Crippen LogP contribution in [0.2, 0.25) is 0 Å². The van der Waals surface area contributed by atoms with Gasteiger partial charge in [0.1, 0.15) is 17.9 Å². The lowest BCUT2D eigenvalue weighted by Gasteiger charge is -2.17. The number of ether oxygens (including phenoxy) is 1. The molecule has 2 rings (SSSR count). The van der Waals surface area contributed by atoms with Crippen LogP contribution in [-0.2, 0) is 19.4 Å². The minimum atomic E-state index is 0.364. The minimum absolute atomic E-state index is 0.364. The Labute approximate surface area is 162 Å². The van der Waals surface area contributed by atoms with Gasteiger partial charge in [-0.05, 0) is 31.4 Å². The van der Waals surface area contributed by atoms with Gasteiger partial charge in [0.25, 0.3) is 0 Å². The fourth-order valence-corrected chi connectivity index (χ4v) is 2.72. The van der Waals surface area contributed by atoms with Crippen molar-refractivity contribution >= 4 is 5.96 Å². The summed E-state index contributed by atoms with van der Waals surface area (Å²) in [5, 5.41) is 15.0. The summed E-state index contributed by atoms with van der Waals surface area (Å²) < 4.78 is 7.49. The average Bonchev–Trinajstić information content (AvgIpc) is 3.15. The fourth-order valence-electron chi connectivity index (χ4n) is 2.72. The number of aryl methyl sites for hydroxylation is 1. The Bertz CT molecular complexity index is 712. The van der Waals surface area contributed by atoms with Crippen molar-refractivity contribution in [1.82, 2.24) is 25.4 Å². The Morgan fingerprint density at radius 1 is 1.30 bits per heavy atom. The van der Waals surface area contributed by atoms with E-state index in [0.29, 0.717) is 12.6 Å². The summed E-state index contributed by atoms with van der Waals surface area (Å²) in [6.45, 7) is 8.68. The van der Waals surface area contributed by atoms with Crippen LogP contribution in [-0.4, -0.2) is 47.0 Å². The molecule has 1 aromatic heterocycles. The van der Waals surface area contributed by atoms with Crippen LogP contribution in [0, 0.1) is 0 Å². The van der Waals surface area contributed by atoms with Crippen LogP contribution in [0.5, 0.6) is 5.75 Å². The molecule has 1 heterocycles. The van der Waals surface area contributed by atoms with Crippen molar-refractivity contribution in [1.29, 1.82) is 0 Å². The Morgan fingerprint density at radius 2 is 2.11 bits per heavy atom. The van der Waals surface area contributed by atoms with Crippen molar-refractivity contribution in [2.24, 2.45) is 4.99 Å². The second-order valence-corrected chi connectivity index (χ2v) is 6.47. The highest BCUT2D eigenvalue weighted by atomic mass is 16.5. The van der Waals surface area contributed by atoms with E-state index < -0.39 is 0 Å². The highest BCUT2D eigenvalue weighted by Gasteiger charge is 2.06. The van der Waals surface area contributed by atoms with Crippen LogP contribution < -0.4 is 15.4 Å². The Hall–Kier alpha value is -2.57. The molecule has 0 bridgehead atoms. The van der Waals surface area contributed by atoms with E-state index >= 15 is 0 Å². The molecule has 0 fully saturated rings. The number of nitrogens with one attached hydrogen (secondary N) is 2. The quantitative estimate of drug-likeness (QED) is 0.495. The van der Waals surface area contributed by atoms with Crippen molar-refractivity contribution in [2.75, 3.05) is 20.2 Å². The molecule has 0 aliphatic carbocycles. The first kappa shape index (κ1) is 20.7. The summed E-state index contributed by atoms with van der Waals surface area (Å²) in [6, 6.07) is 8.45. The molecular weight excluding hydrogens is 340 g/mol. The first-order valence-electron chi connectivity index (χ1n) is 9.71. The van der Waals surface area contributed by atoms with Gasteiger partial charge in [-0.2, -0.15) is 0 Å². The number of methoxy groups -OCH3 is 1. The smallest absolute Gasteiger partial charge is 0.191 e. The molecule has 0 aliphatic rings. The lowest BCUT2D eigenvalue weighted by Crippen LogP contribution is -2.43. The van der Waals surface area contributed by atoms with Gasteiger partial charge in [0, 0.05) is 32.1 Å². The summed E-state index contributed by atoms with van der Waals surface area (Å²) in [6.07, 6.45) is 4.54. The molecular formula is C20H32N6O. The number of rotatable bonds is 10. The minimum Gasteiger partial charge on any atom is -0.496 e. The van der Waals surface area contributed by atoms with Crippen LogP contribution in [0.25, 0.3) is 0 Å². The number of nitrogens with zero attached hydrogens (tertiary/aromatic N) is 4. The standard InChI is InChI=1S/C20H32N6O/c1-5-16(3)24-20(22-13-14-26-15-23-25-19(26)6-2)21-12-11-17-9-7-8-10-18(17)27-4/h7-10,15-16H,5-6,11-14H2,1-4H3,(H2,21,22,24). The molecule has 0 spiro atoms. The Morgan fingerprint density at radius 3 is 2.85 bits per heavy atom. The van der Waals surface area contributed by atoms with E-state index in [1.807, 2.05) is 18.2 Å². The highest BCUT2D eigenvalue weighted by molar-refractivity contribution is 5.80. The second-order valence-electron chi connectivity index (χ2n) is 6.47. The SMILES string of the molecule is CCc1nncn1CCNC(=NCCc1ccccc1OC)NC(C)CC. The second kappa shape index (κ2) is 11.2. The maximum atomic E-state index is 5.42. The first-order valence-corrected chi connectivity index (χ1v) is 9.71. The van der Waals surface area contributed by atoms with Gasteiger partial charge in [-0.3, -0.25) is 4.99 Å². The molecule has 0 aliphatic heterocycles. The molecule has 27 heavy (non-hydrogen) atoms. The molecule has 2 aromatic rings. The van der Waals surface area contributed by atoms with E-state index in [-0.39, 0.29) is 0 Å². The molecule has 0 saturated carbocycles. The maximum absolute atomic E-state index is 5.42. The number of aromatic nitrogens is 3. The monoisotopic (exact) mass is 372 g/mol. The molecule has 7 heteroatoms. The fraction of sp³-hybridized carbons (Fsp3) is 0.550. The van der Waals surface area contributed by atoms with Gasteiger partial charge < -0.3 is 19.9 Å². The summed E-state index contributed by atoms with van der Waals surface area (Å²) >= 11 is 0. The van der Waals surface area contributed by atoms with Crippen LogP contribution in [0.1, 0.15) is 38.6 Å². The summed E-state index contributed by atoms with van der Waals surface area (Å²) in [5.41, 5.74) is 1.17. The lowest BCUT2D eigenvalue weighted by molar-refractivity contribution is 0.410. The van der Waals surface area contributed by atoms with Crippen molar-refractivity contribution in [2.45, 2.75) is 52.6 Å². The van der Waals surface area contributed by atoms with Gasteiger partial charge in [-0.25, -0.2) is 0 Å². The molecule has 0 amide bonds. The van der Waals surface area contributed by atoms with Crippen LogP contribution in [0.3, 0.4) is 0 Å². The normalized spacial score (nSPS) is 12.7. The third-order valence-corrected chi connectivity index (χ3v) is 4.50. The van der Waals surface area contributed by atoms with Crippen molar-refractivity contribution in [3.63, 3.8) is 0 Å². The van der Waals surface area contributed by atoms with Gasteiger partial charge in [0.05, 0.1) is 7.11 Å². The molecule has 2 N–H and O–H groups in total. The number of aliphatic imine (C=N–C) groups is 1. The zero-order chi connectivity index (χ0) is 19.5. The van der Waals surface area contributed by atoms with Crippen molar-refractivity contribution < 1.29 is 4.74 Å². The van der Waals surface area contributed by atoms with E-state index in [9.17, 15) is 0 Å². The van der Waals surface area contributed by atoms with E-state index in [1.165, 1.54) is 5.56 Å². The van der Waals surface area contributed by atoms with Crippen molar-refractivity contribution in [3.8, 4) is 5.75 Å². The average molecular weight is 373 g/mol. The van der Waals surface area contributed by atoms with E-state index in [2.05, 4.69) is 52.2 Å². The number of benzene rings is 1. The lowest BCUT2D eigenvalue weighted by atomic mass is 10.1. The third kappa shape index (κ3) is 6.58. The van der Waals surface area contributed by atoms with Gasteiger partial charge in [0.2, 0.25) is 0 Å². The van der Waals surface area contributed by atoms with Gasteiger partial charge >= 0.3 is 0 Å². The number of guanidine groups is 1. The third-order valence-electron chi connectivity index (χ3n) is 4.50. The van der Waals surface area contributed by atoms with E-state index in [4.69, 9.17) is 9.73 Å². The van der Waals surface area contributed by atoms with E-state index in [1.54, 1.807) is 13.4 Å². The Balaban J connectivity index is 1.93. The topological polar surface area (TPSA) is 76.4 Å². The summed E-state index contributed by atoms with van der Waals surface area (Å²) in [7, 11) is 1.70. The van der Waals surface area contributed by atoms with Crippen LogP contribution in [0.15, 0.2) is 35.6 Å². The Kier molecular flexibility index (Phi) is 8.61. The molecule has 0 radical (unpaired) electrons. The number of para-hydroxylation sites is 1. The van der Waals surface area contributed by atoms with Crippen molar-refractivity contribution in [3.05, 3.63) is 42.0 Å². The highest BCUT2D eigenvalue weighted by Crippen LogP contribution is 2.17. The molecule has 0 saturated heterocycles. The molecule has 1 aromatic carbocycles. The maximum Gasteiger partial charge on any atom is 0.191 e. The van der Waals surface area contributed by atoms with Crippen LogP contribution >= 0.6 is 0 Å². The predicted molar refractivity (Wildman–Crippen MR) is 109 cm³/mol. The first-order chi connectivity index (χ1) is 13.2. The van der Waals surface area contributed by atoms with Gasteiger partial charge in [-0.1, -0.05) is 32.0 Å². The number of hydrogen-bond donors (Lipinski definition) is 2. The van der Waals surface area contributed by atoms with Gasteiger partial charge in [0.15, 0.2) is 5.96 Å². The van der Waals surface area contributed by atoms with Crippen LogP contribution in [0.4, 0.5) is 0 Å². The largest absolute Gasteiger partial charge is 0.496 e. The molecule has 148 valence electrons. The summed E-state index contributed by atoms with van der Waals surface area (Å²) in [5.74, 6) is 2.75. The number of hydrogen-bond acceptors (Lipinski definition) is 4. The van der Waals surface area contributed by atoms with E-state index in [0.717, 1.165) is 49.9 Å². The zero-order valence-electron chi connectivity index (χ0n) is 16.9. The molecule has 7 nitrogen and oxygen atoms in total. The molecule has 1 atom stereocenters.